The number of aromatic nitrogens is 2. The van der Waals surface area contributed by atoms with Crippen molar-refractivity contribution in [2.45, 2.75) is 12.6 Å². The second-order valence-corrected chi connectivity index (χ2v) is 4.15. The van der Waals surface area contributed by atoms with Gasteiger partial charge in [0.2, 0.25) is 0 Å². The van der Waals surface area contributed by atoms with Gasteiger partial charge in [0, 0.05) is 26.4 Å². The van der Waals surface area contributed by atoms with Gasteiger partial charge in [0.1, 0.15) is 5.02 Å². The first-order valence-corrected chi connectivity index (χ1v) is 5.79. The molecule has 0 saturated carbocycles. The maximum atomic E-state index is 11.4. The quantitative estimate of drug-likeness (QED) is 0.543. The van der Waals surface area contributed by atoms with E-state index in [0.717, 1.165) is 4.57 Å². The number of aromatic amines is 1. The van der Waals surface area contributed by atoms with Gasteiger partial charge in [-0.15, -0.1) is 0 Å². The Bertz CT molecular complexity index is 485. The molecule has 1 aromatic rings. The van der Waals surface area contributed by atoms with Crippen molar-refractivity contribution in [2.75, 3.05) is 26.8 Å². The molecule has 0 aliphatic heterocycles. The maximum Gasteiger partial charge on any atom is 0.328 e. The van der Waals surface area contributed by atoms with Crippen LogP contribution >= 0.6 is 11.6 Å². The summed E-state index contributed by atoms with van der Waals surface area (Å²) in [5, 5.41) is 12.6. The molecule has 0 aliphatic rings. The first-order valence-electron chi connectivity index (χ1n) is 5.41. The lowest BCUT2D eigenvalue weighted by molar-refractivity contribution is 0.142. The molecule has 0 radical (unpaired) electrons. The molecule has 1 aromatic heterocycles. The molecule has 3 N–H and O–H groups in total. The number of aliphatic hydroxyl groups is 1. The Hall–Kier alpha value is -1.15. The number of hydrogen-bond acceptors (Lipinski definition) is 5. The first-order chi connectivity index (χ1) is 8.54. The second-order valence-electron chi connectivity index (χ2n) is 3.74. The zero-order valence-corrected chi connectivity index (χ0v) is 10.7. The van der Waals surface area contributed by atoms with Gasteiger partial charge in [-0.1, -0.05) is 11.6 Å². The van der Waals surface area contributed by atoms with E-state index in [1.165, 1.54) is 6.20 Å². The summed E-state index contributed by atoms with van der Waals surface area (Å²) in [5.41, 5.74) is -1.23. The molecule has 0 aromatic carbocycles. The molecule has 0 saturated heterocycles. The van der Waals surface area contributed by atoms with Crippen molar-refractivity contribution in [1.82, 2.24) is 14.9 Å². The van der Waals surface area contributed by atoms with Gasteiger partial charge in [-0.05, 0) is 0 Å². The molecule has 1 rings (SSSR count). The van der Waals surface area contributed by atoms with Crippen LogP contribution < -0.4 is 16.6 Å². The van der Waals surface area contributed by atoms with Crippen LogP contribution in [0.4, 0.5) is 0 Å². The molecule has 1 unspecified atom stereocenters. The number of nitrogens with zero attached hydrogens (tertiary/aromatic N) is 1. The average Bonchev–Trinajstić information content (AvgIpc) is 2.32. The molecule has 18 heavy (non-hydrogen) atoms. The monoisotopic (exact) mass is 277 g/mol. The van der Waals surface area contributed by atoms with Crippen LogP contribution in [0.3, 0.4) is 0 Å². The third kappa shape index (κ3) is 4.61. The second kappa shape index (κ2) is 7.32. The average molecular weight is 278 g/mol. The zero-order valence-electron chi connectivity index (χ0n) is 9.98. The Morgan fingerprint density at radius 1 is 1.61 bits per heavy atom. The van der Waals surface area contributed by atoms with Crippen LogP contribution in [0.5, 0.6) is 0 Å². The summed E-state index contributed by atoms with van der Waals surface area (Å²) in [7, 11) is 1.58. The Morgan fingerprint density at radius 3 is 3.00 bits per heavy atom. The van der Waals surface area contributed by atoms with Crippen molar-refractivity contribution < 1.29 is 9.84 Å². The minimum atomic E-state index is -0.762. The molecule has 0 aliphatic carbocycles. The lowest BCUT2D eigenvalue weighted by Crippen LogP contribution is -2.37. The van der Waals surface area contributed by atoms with E-state index in [9.17, 15) is 14.7 Å². The fourth-order valence-electron chi connectivity index (χ4n) is 1.35. The van der Waals surface area contributed by atoms with Crippen molar-refractivity contribution >= 4 is 11.6 Å². The normalized spacial score (nSPS) is 12.6. The molecule has 1 heterocycles. The smallest absolute Gasteiger partial charge is 0.328 e. The fourth-order valence-corrected chi connectivity index (χ4v) is 1.52. The predicted octanol–water partition coefficient (Wildman–Crippen LogP) is -1.21. The molecule has 0 fully saturated rings. The number of halogens is 1. The minimum Gasteiger partial charge on any atom is -0.390 e. The highest BCUT2D eigenvalue weighted by Crippen LogP contribution is 1.96. The SMILES string of the molecule is COCCNCC(O)Cn1cc(Cl)c(=O)[nH]c1=O. The van der Waals surface area contributed by atoms with Crippen LogP contribution in [0.1, 0.15) is 0 Å². The van der Waals surface area contributed by atoms with Crippen LogP contribution in [0.2, 0.25) is 5.02 Å². The molecule has 0 spiro atoms. The number of nitrogens with one attached hydrogen (secondary N) is 2. The summed E-state index contributed by atoms with van der Waals surface area (Å²) < 4.78 is 5.99. The van der Waals surface area contributed by atoms with Gasteiger partial charge in [-0.3, -0.25) is 14.3 Å². The Labute approximate surface area is 108 Å². The highest BCUT2D eigenvalue weighted by atomic mass is 35.5. The van der Waals surface area contributed by atoms with Crippen LogP contribution in [0.25, 0.3) is 0 Å². The number of hydrogen-bond donors (Lipinski definition) is 3. The summed E-state index contributed by atoms with van der Waals surface area (Å²) in [4.78, 5) is 24.5. The van der Waals surface area contributed by atoms with Crippen molar-refractivity contribution in [3.05, 3.63) is 32.1 Å². The van der Waals surface area contributed by atoms with E-state index in [-0.39, 0.29) is 11.6 Å². The van der Waals surface area contributed by atoms with Crippen molar-refractivity contribution in [1.29, 1.82) is 0 Å². The number of rotatable bonds is 7. The molecule has 0 amide bonds. The van der Waals surface area contributed by atoms with Gasteiger partial charge in [0.25, 0.3) is 5.56 Å². The third-order valence-corrected chi connectivity index (χ3v) is 2.51. The van der Waals surface area contributed by atoms with E-state index in [2.05, 4.69) is 10.3 Å². The van der Waals surface area contributed by atoms with Gasteiger partial charge in [-0.2, -0.15) is 0 Å². The van der Waals surface area contributed by atoms with E-state index in [0.29, 0.717) is 19.7 Å². The van der Waals surface area contributed by atoms with Gasteiger partial charge in [-0.25, -0.2) is 4.79 Å². The van der Waals surface area contributed by atoms with Gasteiger partial charge >= 0.3 is 5.69 Å². The summed E-state index contributed by atoms with van der Waals surface area (Å²) >= 11 is 5.60. The van der Waals surface area contributed by atoms with Gasteiger partial charge < -0.3 is 15.2 Å². The number of aliphatic hydroxyl groups excluding tert-OH is 1. The fraction of sp³-hybridized carbons (Fsp3) is 0.600. The largest absolute Gasteiger partial charge is 0.390 e. The lowest BCUT2D eigenvalue weighted by atomic mass is 10.3. The van der Waals surface area contributed by atoms with Crippen molar-refractivity contribution in [2.24, 2.45) is 0 Å². The van der Waals surface area contributed by atoms with E-state index in [1.807, 2.05) is 0 Å². The van der Waals surface area contributed by atoms with Crippen molar-refractivity contribution in [3.63, 3.8) is 0 Å². The Balaban J connectivity index is 2.54. The van der Waals surface area contributed by atoms with Gasteiger partial charge in [0.05, 0.1) is 19.3 Å². The summed E-state index contributed by atoms with van der Waals surface area (Å²) in [6, 6.07) is 0. The highest BCUT2D eigenvalue weighted by molar-refractivity contribution is 6.30. The van der Waals surface area contributed by atoms with E-state index in [1.54, 1.807) is 7.11 Å². The molecular weight excluding hydrogens is 262 g/mol. The van der Waals surface area contributed by atoms with Crippen LogP contribution in [0, 0.1) is 0 Å². The van der Waals surface area contributed by atoms with Crippen LogP contribution in [0.15, 0.2) is 15.8 Å². The maximum absolute atomic E-state index is 11.4. The Kier molecular flexibility index (Phi) is 6.06. The highest BCUT2D eigenvalue weighted by Gasteiger charge is 2.08. The number of methoxy groups -OCH3 is 1. The van der Waals surface area contributed by atoms with Gasteiger partial charge in [0.15, 0.2) is 0 Å². The molecular formula is C10H16ClN3O4. The van der Waals surface area contributed by atoms with E-state index in [4.69, 9.17) is 16.3 Å². The van der Waals surface area contributed by atoms with Crippen LogP contribution in [-0.2, 0) is 11.3 Å². The van der Waals surface area contributed by atoms with Crippen LogP contribution in [-0.4, -0.2) is 47.6 Å². The van der Waals surface area contributed by atoms with E-state index < -0.39 is 17.4 Å². The summed E-state index contributed by atoms with van der Waals surface area (Å²) in [5.74, 6) is 0. The molecule has 0 bridgehead atoms. The number of ether oxygens (including phenoxy) is 1. The Morgan fingerprint density at radius 2 is 2.33 bits per heavy atom. The lowest BCUT2D eigenvalue weighted by Gasteiger charge is -2.13. The summed E-state index contributed by atoms with van der Waals surface area (Å²) in [6.07, 6.45) is 0.447. The molecule has 1 atom stereocenters. The first kappa shape index (κ1) is 14.9. The molecule has 102 valence electrons. The number of H-pyrrole nitrogens is 1. The topological polar surface area (TPSA) is 96.3 Å². The zero-order chi connectivity index (χ0) is 13.5. The van der Waals surface area contributed by atoms with E-state index >= 15 is 0 Å². The minimum absolute atomic E-state index is 0.0509. The molecule has 7 nitrogen and oxygen atoms in total. The predicted molar refractivity (Wildman–Crippen MR) is 67.1 cm³/mol. The van der Waals surface area contributed by atoms with Crippen molar-refractivity contribution in [3.8, 4) is 0 Å². The summed E-state index contributed by atoms with van der Waals surface area (Å²) in [6.45, 7) is 1.51. The third-order valence-electron chi connectivity index (χ3n) is 2.24. The molecule has 8 heteroatoms. The standard InChI is InChI=1S/C10H16ClN3O4/c1-18-3-2-12-4-7(15)5-14-6-8(11)9(16)13-10(14)17/h6-7,12,15H,2-5H2,1H3,(H,13,16,17).